The molecule has 10 heavy (non-hydrogen) atoms. The molecule has 0 saturated carbocycles. The van der Waals surface area contributed by atoms with E-state index in [1.165, 1.54) is 0 Å². The van der Waals surface area contributed by atoms with Crippen LogP contribution in [0.1, 0.15) is 19.3 Å². The minimum atomic E-state index is -0.251. The van der Waals surface area contributed by atoms with Crippen molar-refractivity contribution in [3.05, 3.63) is 0 Å². The van der Waals surface area contributed by atoms with Crippen LogP contribution >= 0.6 is 0 Å². The molecule has 1 aliphatic rings. The van der Waals surface area contributed by atoms with Gasteiger partial charge in [0.15, 0.2) is 6.29 Å². The van der Waals surface area contributed by atoms with Crippen molar-refractivity contribution in [3.63, 3.8) is 0 Å². The molecular weight excluding hydrogens is 130 g/mol. The van der Waals surface area contributed by atoms with Crippen molar-refractivity contribution in [2.24, 2.45) is 0 Å². The van der Waals surface area contributed by atoms with Gasteiger partial charge in [0.05, 0.1) is 6.07 Å². The maximum absolute atomic E-state index is 8.47. The maximum atomic E-state index is 8.47. The zero-order chi connectivity index (χ0) is 7.40. The number of nitrogens with zero attached hydrogens (tertiary/aromatic N) is 1. The van der Waals surface area contributed by atoms with E-state index in [4.69, 9.17) is 14.7 Å². The van der Waals surface area contributed by atoms with Gasteiger partial charge in [-0.3, -0.25) is 0 Å². The summed E-state index contributed by atoms with van der Waals surface area (Å²) in [5.41, 5.74) is 0. The van der Waals surface area contributed by atoms with Crippen LogP contribution in [0.25, 0.3) is 0 Å². The van der Waals surface area contributed by atoms with E-state index in [2.05, 4.69) is 6.07 Å². The van der Waals surface area contributed by atoms with Crippen molar-refractivity contribution >= 4 is 0 Å². The molecule has 0 amide bonds. The minimum Gasteiger partial charge on any atom is -0.356 e. The molecule has 1 rings (SSSR count). The smallest absolute Gasteiger partial charge is 0.158 e. The Bertz CT molecular complexity index is 141. The van der Waals surface area contributed by atoms with Gasteiger partial charge in [-0.05, 0) is 19.3 Å². The molecule has 56 valence electrons. The fraction of sp³-hybridized carbons (Fsp3) is 0.857. The molecule has 2 atom stereocenters. The van der Waals surface area contributed by atoms with E-state index in [0.29, 0.717) is 0 Å². The van der Waals surface area contributed by atoms with Crippen LogP contribution in [-0.2, 0) is 9.47 Å². The Balaban J connectivity index is 2.33. The highest BCUT2D eigenvalue weighted by Crippen LogP contribution is 2.18. The molecule has 0 spiro atoms. The van der Waals surface area contributed by atoms with E-state index in [1.807, 2.05) is 0 Å². The molecule has 1 fully saturated rings. The van der Waals surface area contributed by atoms with Gasteiger partial charge in [-0.2, -0.15) is 5.26 Å². The van der Waals surface area contributed by atoms with Gasteiger partial charge < -0.3 is 9.47 Å². The summed E-state index contributed by atoms with van der Waals surface area (Å²) in [6.07, 6.45) is 2.37. The molecule has 3 nitrogen and oxygen atoms in total. The van der Waals surface area contributed by atoms with Crippen LogP contribution in [0, 0.1) is 11.3 Å². The monoisotopic (exact) mass is 141 g/mol. The van der Waals surface area contributed by atoms with Crippen LogP contribution in [0.4, 0.5) is 0 Å². The number of nitriles is 1. The average Bonchev–Trinajstić information content (AvgIpc) is 2.05. The molecule has 0 aromatic heterocycles. The Morgan fingerprint density at radius 2 is 2.40 bits per heavy atom. The first-order valence-corrected chi connectivity index (χ1v) is 3.44. The van der Waals surface area contributed by atoms with Crippen molar-refractivity contribution in [2.45, 2.75) is 31.7 Å². The molecular formula is C7H11NO2. The maximum Gasteiger partial charge on any atom is 0.158 e. The molecule has 0 N–H and O–H groups in total. The molecule has 1 saturated heterocycles. The minimum absolute atomic E-state index is 0.154. The summed E-state index contributed by atoms with van der Waals surface area (Å²) in [7, 11) is 1.60. The summed E-state index contributed by atoms with van der Waals surface area (Å²) in [5, 5.41) is 8.47. The lowest BCUT2D eigenvalue weighted by molar-refractivity contribution is -0.164. The van der Waals surface area contributed by atoms with Crippen LogP contribution in [0.2, 0.25) is 0 Å². The summed E-state index contributed by atoms with van der Waals surface area (Å²) < 4.78 is 10.2. The van der Waals surface area contributed by atoms with E-state index >= 15 is 0 Å². The van der Waals surface area contributed by atoms with Crippen molar-refractivity contribution in [1.29, 1.82) is 5.26 Å². The van der Waals surface area contributed by atoms with Crippen molar-refractivity contribution in [1.82, 2.24) is 0 Å². The van der Waals surface area contributed by atoms with Crippen molar-refractivity contribution in [2.75, 3.05) is 7.11 Å². The van der Waals surface area contributed by atoms with E-state index in [-0.39, 0.29) is 12.4 Å². The first-order valence-electron chi connectivity index (χ1n) is 3.44. The molecule has 0 bridgehead atoms. The SMILES string of the molecule is COC1CCCC(C#N)O1. The third kappa shape index (κ3) is 1.69. The first kappa shape index (κ1) is 7.52. The third-order valence-electron chi connectivity index (χ3n) is 1.63. The lowest BCUT2D eigenvalue weighted by Crippen LogP contribution is -2.27. The molecule has 0 aliphatic carbocycles. The Labute approximate surface area is 60.5 Å². The Hall–Kier alpha value is -0.590. The van der Waals surface area contributed by atoms with Crippen LogP contribution < -0.4 is 0 Å². The second-order valence-corrected chi connectivity index (χ2v) is 2.35. The Kier molecular flexibility index (Phi) is 2.67. The Morgan fingerprint density at radius 3 is 3.00 bits per heavy atom. The largest absolute Gasteiger partial charge is 0.356 e. The molecule has 1 aliphatic heterocycles. The second-order valence-electron chi connectivity index (χ2n) is 2.35. The number of methoxy groups -OCH3 is 1. The van der Waals surface area contributed by atoms with Crippen LogP contribution in [0.15, 0.2) is 0 Å². The zero-order valence-electron chi connectivity index (χ0n) is 6.04. The number of hydrogen-bond acceptors (Lipinski definition) is 3. The highest BCUT2D eigenvalue weighted by Gasteiger charge is 2.20. The predicted molar refractivity (Wildman–Crippen MR) is 35.1 cm³/mol. The van der Waals surface area contributed by atoms with Gasteiger partial charge in [0.25, 0.3) is 0 Å². The fourth-order valence-electron chi connectivity index (χ4n) is 1.06. The van der Waals surface area contributed by atoms with E-state index < -0.39 is 0 Å². The summed E-state index contributed by atoms with van der Waals surface area (Å²) in [6.45, 7) is 0. The van der Waals surface area contributed by atoms with E-state index in [0.717, 1.165) is 19.3 Å². The third-order valence-corrected chi connectivity index (χ3v) is 1.63. The highest BCUT2D eigenvalue weighted by molar-refractivity contribution is 4.86. The summed E-state index contributed by atoms with van der Waals surface area (Å²) in [6, 6.07) is 2.07. The molecule has 3 heteroatoms. The summed E-state index contributed by atoms with van der Waals surface area (Å²) >= 11 is 0. The normalized spacial score (nSPS) is 33.2. The van der Waals surface area contributed by atoms with Crippen molar-refractivity contribution < 1.29 is 9.47 Å². The first-order chi connectivity index (χ1) is 4.86. The number of rotatable bonds is 1. The quantitative estimate of drug-likeness (QED) is 0.548. The zero-order valence-corrected chi connectivity index (χ0v) is 6.04. The summed E-state index contributed by atoms with van der Waals surface area (Å²) in [4.78, 5) is 0. The number of ether oxygens (including phenoxy) is 2. The standard InChI is InChI=1S/C7H11NO2/c1-9-7-4-2-3-6(5-8)10-7/h6-7H,2-4H2,1H3. The fourth-order valence-corrected chi connectivity index (χ4v) is 1.06. The van der Waals surface area contributed by atoms with Crippen LogP contribution in [-0.4, -0.2) is 19.5 Å². The van der Waals surface area contributed by atoms with Crippen molar-refractivity contribution in [3.8, 4) is 6.07 Å². The van der Waals surface area contributed by atoms with Crippen LogP contribution in [0.5, 0.6) is 0 Å². The lowest BCUT2D eigenvalue weighted by Gasteiger charge is -2.24. The van der Waals surface area contributed by atoms with Crippen LogP contribution in [0.3, 0.4) is 0 Å². The number of hydrogen-bond donors (Lipinski definition) is 0. The van der Waals surface area contributed by atoms with Gasteiger partial charge in [-0.25, -0.2) is 0 Å². The lowest BCUT2D eigenvalue weighted by atomic mass is 10.1. The molecule has 2 unspecified atom stereocenters. The van der Waals surface area contributed by atoms with Gasteiger partial charge in [0.1, 0.15) is 6.10 Å². The molecule has 0 aromatic carbocycles. The molecule has 0 aromatic rings. The molecule has 1 heterocycles. The Morgan fingerprint density at radius 1 is 1.60 bits per heavy atom. The van der Waals surface area contributed by atoms with Gasteiger partial charge in [-0.1, -0.05) is 0 Å². The van der Waals surface area contributed by atoms with Gasteiger partial charge in [0, 0.05) is 7.11 Å². The predicted octanol–water partition coefficient (Wildman–Crippen LogP) is 1.05. The van der Waals surface area contributed by atoms with Gasteiger partial charge in [-0.15, -0.1) is 0 Å². The second kappa shape index (κ2) is 3.55. The van der Waals surface area contributed by atoms with Gasteiger partial charge in [0.2, 0.25) is 0 Å². The highest BCUT2D eigenvalue weighted by atomic mass is 16.7. The average molecular weight is 141 g/mol. The van der Waals surface area contributed by atoms with E-state index in [1.54, 1.807) is 7.11 Å². The van der Waals surface area contributed by atoms with Gasteiger partial charge >= 0.3 is 0 Å². The topological polar surface area (TPSA) is 42.2 Å². The summed E-state index contributed by atoms with van der Waals surface area (Å²) in [5.74, 6) is 0. The van der Waals surface area contributed by atoms with E-state index in [9.17, 15) is 0 Å². The molecule has 0 radical (unpaired) electrons.